The zero-order valence-corrected chi connectivity index (χ0v) is 13.4. The van der Waals surface area contributed by atoms with E-state index in [4.69, 9.17) is 0 Å². The number of para-hydroxylation sites is 1. The number of carbonyl (C=O) groups excluding carboxylic acids is 1. The number of benzene rings is 2. The first-order valence-corrected chi connectivity index (χ1v) is 7.97. The Balaban J connectivity index is 2.10. The summed E-state index contributed by atoms with van der Waals surface area (Å²) in [5.41, 5.74) is 3.33. The van der Waals surface area contributed by atoms with Crippen LogP contribution in [0.15, 0.2) is 42.5 Å². The fourth-order valence-corrected chi connectivity index (χ4v) is 2.92. The lowest BCUT2D eigenvalue weighted by molar-refractivity contribution is -0.119. The van der Waals surface area contributed by atoms with Gasteiger partial charge in [-0.2, -0.15) is 0 Å². The molecule has 0 unspecified atom stereocenters. The molecule has 0 fully saturated rings. The fraction of sp³-hybridized carbons (Fsp3) is 0.316. The van der Waals surface area contributed by atoms with Crippen LogP contribution >= 0.6 is 0 Å². The maximum atomic E-state index is 12.1. The van der Waals surface area contributed by atoms with Crippen LogP contribution in [0.25, 0.3) is 21.8 Å². The van der Waals surface area contributed by atoms with E-state index in [-0.39, 0.29) is 11.8 Å². The van der Waals surface area contributed by atoms with E-state index in [1.54, 1.807) is 0 Å². The molecule has 1 heterocycles. The van der Waals surface area contributed by atoms with Crippen molar-refractivity contribution in [3.8, 4) is 0 Å². The lowest BCUT2D eigenvalue weighted by atomic mass is 10.1. The molecule has 2 aromatic carbocycles. The molecule has 1 atom stereocenters. The Morgan fingerprint density at radius 3 is 2.55 bits per heavy atom. The number of aromatic nitrogens is 1. The van der Waals surface area contributed by atoms with E-state index in [0.29, 0.717) is 0 Å². The predicted molar refractivity (Wildman–Crippen MR) is 93.2 cm³/mol. The van der Waals surface area contributed by atoms with Crippen molar-refractivity contribution in [3.05, 3.63) is 42.5 Å². The molecule has 3 heteroatoms. The standard InChI is InChI=1S/C19H22N2O/c1-4-13(3)19(22)20-14-10-11-18-16(12-14)15-8-6-7-9-17(15)21(18)5-2/h6-13H,4-5H2,1-3H3,(H,20,22)/t13-/m0/s1. The molecular weight excluding hydrogens is 272 g/mol. The second-order valence-corrected chi connectivity index (χ2v) is 5.79. The van der Waals surface area contributed by atoms with Crippen LogP contribution in [0.1, 0.15) is 27.2 Å². The van der Waals surface area contributed by atoms with E-state index >= 15 is 0 Å². The van der Waals surface area contributed by atoms with Gasteiger partial charge in [0.2, 0.25) is 5.91 Å². The van der Waals surface area contributed by atoms with Crippen LogP contribution in [0, 0.1) is 5.92 Å². The molecular formula is C19H22N2O. The van der Waals surface area contributed by atoms with Crippen LogP contribution < -0.4 is 5.32 Å². The van der Waals surface area contributed by atoms with Crippen molar-refractivity contribution in [1.29, 1.82) is 0 Å². The highest BCUT2D eigenvalue weighted by molar-refractivity contribution is 6.09. The minimum Gasteiger partial charge on any atom is -0.341 e. The van der Waals surface area contributed by atoms with Gasteiger partial charge in [-0.3, -0.25) is 4.79 Å². The summed E-state index contributed by atoms with van der Waals surface area (Å²) in [5.74, 6) is 0.119. The van der Waals surface area contributed by atoms with Gasteiger partial charge in [0.1, 0.15) is 0 Å². The van der Waals surface area contributed by atoms with Crippen molar-refractivity contribution in [2.75, 3.05) is 5.32 Å². The third kappa shape index (κ3) is 2.37. The van der Waals surface area contributed by atoms with Gasteiger partial charge in [-0.25, -0.2) is 0 Å². The fourth-order valence-electron chi connectivity index (χ4n) is 2.92. The molecule has 3 nitrogen and oxygen atoms in total. The van der Waals surface area contributed by atoms with E-state index in [1.165, 1.54) is 21.8 Å². The average molecular weight is 294 g/mol. The number of hydrogen-bond acceptors (Lipinski definition) is 1. The maximum Gasteiger partial charge on any atom is 0.227 e. The summed E-state index contributed by atoms with van der Waals surface area (Å²) in [5, 5.41) is 5.46. The molecule has 0 saturated heterocycles. The van der Waals surface area contributed by atoms with Crippen LogP contribution in [0.5, 0.6) is 0 Å². The zero-order chi connectivity index (χ0) is 15.7. The van der Waals surface area contributed by atoms with Gasteiger partial charge in [-0.05, 0) is 37.6 Å². The number of nitrogens with zero attached hydrogens (tertiary/aromatic N) is 1. The number of rotatable bonds is 4. The summed E-state index contributed by atoms with van der Waals surface area (Å²) in [6.07, 6.45) is 0.850. The third-order valence-corrected chi connectivity index (χ3v) is 4.42. The van der Waals surface area contributed by atoms with E-state index in [1.807, 2.05) is 19.9 Å². The smallest absolute Gasteiger partial charge is 0.227 e. The highest BCUT2D eigenvalue weighted by Crippen LogP contribution is 2.31. The third-order valence-electron chi connectivity index (χ3n) is 4.42. The van der Waals surface area contributed by atoms with Gasteiger partial charge >= 0.3 is 0 Å². The quantitative estimate of drug-likeness (QED) is 0.737. The Labute approximate surface area is 130 Å². The lowest BCUT2D eigenvalue weighted by Gasteiger charge is -2.10. The number of carbonyl (C=O) groups is 1. The van der Waals surface area contributed by atoms with E-state index in [2.05, 4.69) is 53.2 Å². The summed E-state index contributed by atoms with van der Waals surface area (Å²) < 4.78 is 2.31. The van der Waals surface area contributed by atoms with Gasteiger partial charge in [-0.1, -0.05) is 32.0 Å². The van der Waals surface area contributed by atoms with Gasteiger partial charge < -0.3 is 9.88 Å². The first-order chi connectivity index (χ1) is 10.7. The molecule has 0 bridgehead atoms. The van der Waals surface area contributed by atoms with E-state index in [0.717, 1.165) is 18.7 Å². The maximum absolute atomic E-state index is 12.1. The predicted octanol–water partition coefficient (Wildman–Crippen LogP) is 4.80. The molecule has 3 aromatic rings. The summed E-state index contributed by atoms with van der Waals surface area (Å²) in [7, 11) is 0. The molecule has 1 aromatic heterocycles. The molecule has 0 saturated carbocycles. The Morgan fingerprint density at radius 2 is 1.82 bits per heavy atom. The summed E-state index contributed by atoms with van der Waals surface area (Å²) in [6.45, 7) is 7.08. The van der Waals surface area contributed by atoms with Crippen molar-refractivity contribution >= 4 is 33.4 Å². The van der Waals surface area contributed by atoms with Crippen LogP contribution in [0.2, 0.25) is 0 Å². The molecule has 0 aliphatic rings. The number of amides is 1. The Morgan fingerprint density at radius 1 is 1.09 bits per heavy atom. The van der Waals surface area contributed by atoms with Crippen LogP contribution in [0.3, 0.4) is 0 Å². The molecule has 0 aliphatic carbocycles. The van der Waals surface area contributed by atoms with Gasteiger partial charge in [-0.15, -0.1) is 0 Å². The van der Waals surface area contributed by atoms with Crippen LogP contribution in [-0.4, -0.2) is 10.5 Å². The van der Waals surface area contributed by atoms with Crippen molar-refractivity contribution < 1.29 is 4.79 Å². The van der Waals surface area contributed by atoms with Gasteiger partial charge in [0.15, 0.2) is 0 Å². The SMILES string of the molecule is CC[C@H](C)C(=O)Nc1ccc2c(c1)c1ccccc1n2CC. The summed E-state index contributed by atoms with van der Waals surface area (Å²) in [6, 6.07) is 14.6. The van der Waals surface area contributed by atoms with Crippen molar-refractivity contribution in [2.45, 2.75) is 33.7 Å². The molecule has 3 rings (SSSR count). The van der Waals surface area contributed by atoms with Gasteiger partial charge in [0.05, 0.1) is 0 Å². The normalized spacial score (nSPS) is 12.7. The Hall–Kier alpha value is -2.29. The number of anilines is 1. The second-order valence-electron chi connectivity index (χ2n) is 5.79. The summed E-state index contributed by atoms with van der Waals surface area (Å²) >= 11 is 0. The lowest BCUT2D eigenvalue weighted by Crippen LogP contribution is -2.19. The largest absolute Gasteiger partial charge is 0.341 e. The molecule has 0 aliphatic heterocycles. The molecule has 0 spiro atoms. The Kier molecular flexibility index (Phi) is 3.88. The van der Waals surface area contributed by atoms with Gasteiger partial charge in [0, 0.05) is 40.0 Å². The number of aryl methyl sites for hydroxylation is 1. The van der Waals surface area contributed by atoms with Gasteiger partial charge in [0.25, 0.3) is 0 Å². The second kappa shape index (κ2) is 5.84. The molecule has 1 N–H and O–H groups in total. The first-order valence-electron chi connectivity index (χ1n) is 7.97. The molecule has 0 radical (unpaired) electrons. The van der Waals surface area contributed by atoms with E-state index < -0.39 is 0 Å². The average Bonchev–Trinajstić information content (AvgIpc) is 2.87. The Bertz CT molecular complexity index is 832. The monoisotopic (exact) mass is 294 g/mol. The molecule has 22 heavy (non-hydrogen) atoms. The van der Waals surface area contributed by atoms with Crippen LogP contribution in [-0.2, 0) is 11.3 Å². The highest BCUT2D eigenvalue weighted by atomic mass is 16.1. The first kappa shape index (κ1) is 14.6. The number of nitrogens with one attached hydrogen (secondary N) is 1. The number of hydrogen-bond donors (Lipinski definition) is 1. The van der Waals surface area contributed by atoms with Crippen molar-refractivity contribution in [2.24, 2.45) is 5.92 Å². The zero-order valence-electron chi connectivity index (χ0n) is 13.4. The number of fused-ring (bicyclic) bond motifs is 3. The minimum absolute atomic E-state index is 0.0349. The van der Waals surface area contributed by atoms with E-state index in [9.17, 15) is 4.79 Å². The molecule has 114 valence electrons. The minimum atomic E-state index is 0.0349. The van der Waals surface area contributed by atoms with Crippen LogP contribution in [0.4, 0.5) is 5.69 Å². The molecule has 1 amide bonds. The summed E-state index contributed by atoms with van der Waals surface area (Å²) in [4.78, 5) is 12.1. The van der Waals surface area contributed by atoms with Crippen molar-refractivity contribution in [3.63, 3.8) is 0 Å². The topological polar surface area (TPSA) is 34.0 Å². The van der Waals surface area contributed by atoms with Crippen molar-refractivity contribution in [1.82, 2.24) is 4.57 Å². The highest BCUT2D eigenvalue weighted by Gasteiger charge is 2.13.